The Kier molecular flexibility index (Phi) is 4.71. The Hall–Kier alpha value is -0.280. The van der Waals surface area contributed by atoms with Crippen LogP contribution in [0.15, 0.2) is 12.7 Å². The van der Waals surface area contributed by atoms with Gasteiger partial charge in [0, 0.05) is 6.54 Å². The third-order valence-corrected chi connectivity index (χ3v) is 2.46. The minimum absolute atomic E-state index is 0.000609. The average Bonchev–Trinajstić information content (AvgIpc) is 1.81. The lowest BCUT2D eigenvalue weighted by Gasteiger charge is -2.07. The van der Waals surface area contributed by atoms with Crippen LogP contribution in [0.25, 0.3) is 0 Å². The summed E-state index contributed by atoms with van der Waals surface area (Å²) in [6.07, 6.45) is 1.29. The lowest BCUT2D eigenvalue weighted by molar-refractivity contribution is 0.135. The average molecular weight is 233 g/mol. The van der Waals surface area contributed by atoms with Gasteiger partial charge in [0.15, 0.2) is 0 Å². The van der Waals surface area contributed by atoms with E-state index in [2.05, 4.69) is 15.2 Å². The molecule has 8 nitrogen and oxygen atoms in total. The summed E-state index contributed by atoms with van der Waals surface area (Å²) < 4.78 is 45.7. The molecule has 0 spiro atoms. The normalized spacial score (nSPS) is 16.5. The molecule has 0 aliphatic heterocycles. The SMILES string of the molecule is C=CCNOP(=O)(O)OS(=O)(=O)O. The number of rotatable bonds is 6. The predicted molar refractivity (Wildman–Crippen MR) is 41.7 cm³/mol. The second kappa shape index (κ2) is 4.82. The third kappa shape index (κ3) is 8.06. The van der Waals surface area contributed by atoms with Crippen molar-refractivity contribution in [3.05, 3.63) is 12.7 Å². The van der Waals surface area contributed by atoms with Gasteiger partial charge < -0.3 is 4.89 Å². The highest BCUT2D eigenvalue weighted by Crippen LogP contribution is 2.43. The van der Waals surface area contributed by atoms with Crippen molar-refractivity contribution in [3.8, 4) is 0 Å². The largest absolute Gasteiger partial charge is 0.505 e. The van der Waals surface area contributed by atoms with Crippen LogP contribution in [0.3, 0.4) is 0 Å². The Bertz CT molecular complexity index is 310. The van der Waals surface area contributed by atoms with Gasteiger partial charge in [-0.05, 0) is 0 Å². The highest BCUT2D eigenvalue weighted by molar-refractivity contribution is 7.85. The van der Waals surface area contributed by atoms with Crippen LogP contribution in [0.5, 0.6) is 0 Å². The molecule has 3 N–H and O–H groups in total. The van der Waals surface area contributed by atoms with Crippen LogP contribution >= 0.6 is 7.82 Å². The van der Waals surface area contributed by atoms with Crippen LogP contribution in [-0.4, -0.2) is 24.4 Å². The van der Waals surface area contributed by atoms with Crippen molar-refractivity contribution in [2.75, 3.05) is 6.54 Å². The van der Waals surface area contributed by atoms with Crippen LogP contribution < -0.4 is 5.48 Å². The number of hydrogen-bond donors (Lipinski definition) is 3. The first kappa shape index (κ1) is 12.7. The molecule has 10 heteroatoms. The molecule has 0 aromatic heterocycles. The van der Waals surface area contributed by atoms with Crippen LogP contribution in [0.2, 0.25) is 0 Å². The summed E-state index contributed by atoms with van der Waals surface area (Å²) in [6.45, 7) is 3.23. The van der Waals surface area contributed by atoms with Crippen LogP contribution in [0.4, 0.5) is 0 Å². The van der Waals surface area contributed by atoms with Crippen molar-refractivity contribution in [1.82, 2.24) is 5.48 Å². The lowest BCUT2D eigenvalue weighted by Crippen LogP contribution is -2.14. The van der Waals surface area contributed by atoms with E-state index in [-0.39, 0.29) is 6.54 Å². The lowest BCUT2D eigenvalue weighted by atomic mass is 10.7. The molecule has 78 valence electrons. The fourth-order valence-corrected chi connectivity index (χ4v) is 1.62. The summed E-state index contributed by atoms with van der Waals surface area (Å²) in [7, 11) is -9.86. The van der Waals surface area contributed by atoms with Gasteiger partial charge in [0.05, 0.1) is 0 Å². The van der Waals surface area contributed by atoms with Crippen molar-refractivity contribution < 1.29 is 31.0 Å². The highest BCUT2D eigenvalue weighted by Gasteiger charge is 2.28. The topological polar surface area (TPSA) is 122 Å². The molecular weight excluding hydrogens is 225 g/mol. The Labute approximate surface area is 74.7 Å². The second-order valence-corrected chi connectivity index (χ2v) is 4.27. The fourth-order valence-electron chi connectivity index (χ4n) is 0.312. The third-order valence-electron chi connectivity index (χ3n) is 0.596. The molecule has 0 aromatic carbocycles. The van der Waals surface area contributed by atoms with E-state index >= 15 is 0 Å². The Morgan fingerprint density at radius 3 is 2.54 bits per heavy atom. The smallest absolute Gasteiger partial charge is 0.301 e. The van der Waals surface area contributed by atoms with Gasteiger partial charge in [-0.15, -0.1) is 10.5 Å². The molecule has 0 saturated heterocycles. The van der Waals surface area contributed by atoms with Gasteiger partial charge in [0.1, 0.15) is 0 Å². The van der Waals surface area contributed by atoms with E-state index in [1.165, 1.54) is 6.08 Å². The van der Waals surface area contributed by atoms with Crippen LogP contribution in [-0.2, 0) is 23.6 Å². The number of hydroxylamine groups is 1. The number of nitrogens with one attached hydrogen (secondary N) is 1. The molecule has 0 aromatic rings. The minimum Gasteiger partial charge on any atom is -0.301 e. The maximum absolute atomic E-state index is 10.6. The summed E-state index contributed by atoms with van der Waals surface area (Å²) in [5, 5.41) is 0. The summed E-state index contributed by atoms with van der Waals surface area (Å²) in [5.74, 6) is 0. The first-order chi connectivity index (χ1) is 5.77. The molecule has 0 amide bonds. The molecule has 0 fully saturated rings. The van der Waals surface area contributed by atoms with Gasteiger partial charge >= 0.3 is 18.2 Å². The maximum atomic E-state index is 10.6. The van der Waals surface area contributed by atoms with E-state index in [9.17, 15) is 13.0 Å². The van der Waals surface area contributed by atoms with Crippen molar-refractivity contribution in [3.63, 3.8) is 0 Å². The van der Waals surface area contributed by atoms with Gasteiger partial charge in [-0.1, -0.05) is 6.08 Å². The Balaban J connectivity index is 4.10. The molecule has 0 bridgehead atoms. The monoisotopic (exact) mass is 233 g/mol. The maximum Gasteiger partial charge on any atom is 0.505 e. The highest BCUT2D eigenvalue weighted by atomic mass is 32.3. The van der Waals surface area contributed by atoms with E-state index in [1.807, 2.05) is 5.48 Å². The fraction of sp³-hybridized carbons (Fsp3) is 0.333. The molecule has 1 atom stereocenters. The summed E-state index contributed by atoms with van der Waals surface area (Å²) >= 11 is 0. The molecule has 0 rings (SSSR count). The van der Waals surface area contributed by atoms with E-state index in [1.54, 1.807) is 0 Å². The molecule has 13 heavy (non-hydrogen) atoms. The van der Waals surface area contributed by atoms with Gasteiger partial charge in [0.25, 0.3) is 0 Å². The molecular formula is C3H8NO7PS. The van der Waals surface area contributed by atoms with Gasteiger partial charge in [-0.2, -0.15) is 18.5 Å². The zero-order chi connectivity index (χ0) is 10.5. The summed E-state index contributed by atoms with van der Waals surface area (Å²) in [4.78, 5) is 8.55. The van der Waals surface area contributed by atoms with Crippen LogP contribution in [0.1, 0.15) is 0 Å². The van der Waals surface area contributed by atoms with E-state index in [4.69, 9.17) is 9.45 Å². The van der Waals surface area contributed by atoms with Gasteiger partial charge in [-0.25, -0.2) is 4.57 Å². The molecule has 0 saturated carbocycles. The number of hydrogen-bond acceptors (Lipinski definition) is 6. The first-order valence-electron chi connectivity index (χ1n) is 2.80. The molecule has 0 aliphatic rings. The van der Waals surface area contributed by atoms with Crippen LogP contribution in [0, 0.1) is 0 Å². The van der Waals surface area contributed by atoms with E-state index in [0.717, 1.165) is 0 Å². The van der Waals surface area contributed by atoms with Gasteiger partial charge in [0.2, 0.25) is 0 Å². The molecule has 1 unspecified atom stereocenters. The summed E-state index contributed by atoms with van der Waals surface area (Å²) in [5.41, 5.74) is 1.87. The molecule has 0 heterocycles. The molecule has 0 radical (unpaired) electrons. The zero-order valence-corrected chi connectivity index (χ0v) is 7.99. The summed E-state index contributed by atoms with van der Waals surface area (Å²) in [6, 6.07) is 0. The zero-order valence-electron chi connectivity index (χ0n) is 6.28. The minimum atomic E-state index is -5.02. The van der Waals surface area contributed by atoms with E-state index in [0.29, 0.717) is 0 Å². The first-order valence-corrected chi connectivity index (χ1v) is 5.67. The standard InChI is InChI=1S/C3H8NO7PS/c1-2-3-4-10-12(5,6)11-13(7,8)9/h2,4H,1,3H2,(H,5,6)(H,7,8,9). The quantitative estimate of drug-likeness (QED) is 0.186. The predicted octanol–water partition coefficient (Wildman–Crippen LogP) is -0.387. The van der Waals surface area contributed by atoms with Gasteiger partial charge in [-0.3, -0.25) is 4.55 Å². The molecule has 0 aliphatic carbocycles. The number of phosphoric acid groups is 1. The van der Waals surface area contributed by atoms with Crippen molar-refractivity contribution >= 4 is 18.2 Å². The van der Waals surface area contributed by atoms with Crippen molar-refractivity contribution in [1.29, 1.82) is 0 Å². The van der Waals surface area contributed by atoms with E-state index < -0.39 is 18.2 Å². The van der Waals surface area contributed by atoms with Crippen molar-refractivity contribution in [2.24, 2.45) is 0 Å². The second-order valence-electron chi connectivity index (χ2n) is 1.70. The Morgan fingerprint density at radius 2 is 2.15 bits per heavy atom. The Morgan fingerprint density at radius 1 is 1.62 bits per heavy atom. The van der Waals surface area contributed by atoms with Crippen molar-refractivity contribution in [2.45, 2.75) is 0 Å².